The van der Waals surface area contributed by atoms with E-state index in [4.69, 9.17) is 5.26 Å². The van der Waals surface area contributed by atoms with E-state index in [9.17, 15) is 14.0 Å². The number of nitrogens with zero attached hydrogens (tertiary/aromatic N) is 5. The molecule has 0 aliphatic carbocycles. The predicted octanol–water partition coefficient (Wildman–Crippen LogP) is 4.19. The first-order chi connectivity index (χ1) is 20.7. The Balaban J connectivity index is 1.61. The molecular weight excluding hydrogens is 547 g/mol. The van der Waals surface area contributed by atoms with Gasteiger partial charge in [-0.3, -0.25) is 9.59 Å². The number of benzene rings is 2. The molecule has 2 amide bonds. The summed E-state index contributed by atoms with van der Waals surface area (Å²) in [7, 11) is 5.41. The van der Waals surface area contributed by atoms with E-state index >= 15 is 0 Å². The summed E-state index contributed by atoms with van der Waals surface area (Å²) in [4.78, 5) is 37.0. The van der Waals surface area contributed by atoms with Crippen molar-refractivity contribution in [3.8, 4) is 17.9 Å². The van der Waals surface area contributed by atoms with E-state index in [-0.39, 0.29) is 23.6 Å². The summed E-state index contributed by atoms with van der Waals surface area (Å²) < 4.78 is 13.6. The lowest BCUT2D eigenvalue weighted by Gasteiger charge is -2.23. The summed E-state index contributed by atoms with van der Waals surface area (Å²) in [6, 6.07) is 14.3. The number of aromatic nitrogens is 2. The molecule has 3 N–H and O–H groups in total. The number of carbonyl (C=O) groups is 2. The molecule has 0 bridgehead atoms. The van der Waals surface area contributed by atoms with Crippen molar-refractivity contribution in [2.45, 2.75) is 25.8 Å². The minimum absolute atomic E-state index is 0.236. The molecule has 2 aromatic carbocycles. The average molecular weight is 583 g/mol. The van der Waals surface area contributed by atoms with Gasteiger partial charge in [-0.25, -0.2) is 9.37 Å². The third kappa shape index (κ3) is 10.6. The van der Waals surface area contributed by atoms with Gasteiger partial charge in [-0.1, -0.05) is 24.0 Å². The van der Waals surface area contributed by atoms with Gasteiger partial charge in [-0.15, -0.1) is 0 Å². The quantitative estimate of drug-likeness (QED) is 0.165. The van der Waals surface area contributed by atoms with Crippen molar-refractivity contribution >= 4 is 35.0 Å². The molecule has 3 aromatic rings. The second-order valence-electron chi connectivity index (χ2n) is 9.89. The van der Waals surface area contributed by atoms with Gasteiger partial charge < -0.3 is 25.8 Å². The lowest BCUT2D eigenvalue weighted by molar-refractivity contribution is -0.135. The molecule has 0 radical (unpaired) electrons. The minimum atomic E-state index is -0.616. The van der Waals surface area contributed by atoms with Crippen molar-refractivity contribution in [3.05, 3.63) is 83.8 Å². The zero-order valence-corrected chi connectivity index (χ0v) is 24.7. The Morgan fingerprint density at radius 3 is 2.56 bits per heavy atom. The number of hydrogen-bond donors (Lipinski definition) is 3. The van der Waals surface area contributed by atoms with Crippen molar-refractivity contribution in [3.63, 3.8) is 0 Å². The lowest BCUT2D eigenvalue weighted by Crippen LogP contribution is -2.45. The molecule has 1 heterocycles. The molecule has 1 aromatic heterocycles. The van der Waals surface area contributed by atoms with Crippen molar-refractivity contribution in [1.82, 2.24) is 25.1 Å². The van der Waals surface area contributed by atoms with Gasteiger partial charge in [0, 0.05) is 44.0 Å². The fourth-order valence-corrected chi connectivity index (χ4v) is 3.63. The maximum absolute atomic E-state index is 13.6. The number of amides is 2. The van der Waals surface area contributed by atoms with Crippen LogP contribution < -0.4 is 16.0 Å². The summed E-state index contributed by atoms with van der Waals surface area (Å²) >= 11 is 0. The van der Waals surface area contributed by atoms with Crippen LogP contribution in [0.4, 0.5) is 27.5 Å². The first kappa shape index (κ1) is 32.3. The van der Waals surface area contributed by atoms with Crippen molar-refractivity contribution in [2.24, 2.45) is 0 Å². The first-order valence-electron chi connectivity index (χ1n) is 13.7. The van der Waals surface area contributed by atoms with Gasteiger partial charge in [0.2, 0.25) is 17.8 Å². The summed E-state index contributed by atoms with van der Waals surface area (Å²) in [5.41, 5.74) is 2.26. The van der Waals surface area contributed by atoms with E-state index in [0.717, 1.165) is 0 Å². The van der Waals surface area contributed by atoms with Crippen LogP contribution in [-0.4, -0.2) is 71.9 Å². The molecule has 11 heteroatoms. The van der Waals surface area contributed by atoms with Gasteiger partial charge in [-0.2, -0.15) is 10.2 Å². The maximum Gasteiger partial charge on any atom is 0.246 e. The summed E-state index contributed by atoms with van der Waals surface area (Å²) in [6.07, 6.45) is 5.89. The Morgan fingerprint density at radius 1 is 1.09 bits per heavy atom. The molecule has 3 rings (SSSR count). The third-order valence-corrected chi connectivity index (χ3v) is 6.19. The van der Waals surface area contributed by atoms with E-state index in [1.54, 1.807) is 62.6 Å². The number of unbranched alkanes of at least 4 members (excludes halogenated alkanes) is 1. The van der Waals surface area contributed by atoms with E-state index < -0.39 is 6.04 Å². The molecule has 10 nitrogen and oxygen atoms in total. The number of carbonyl (C=O) groups excluding carboxylic acids is 2. The highest BCUT2D eigenvalue weighted by Gasteiger charge is 2.20. The predicted molar refractivity (Wildman–Crippen MR) is 165 cm³/mol. The Labute approximate surface area is 251 Å². The number of hydrogen-bond acceptors (Lipinski definition) is 8. The summed E-state index contributed by atoms with van der Waals surface area (Å²) in [5, 5.41) is 18.1. The highest BCUT2D eigenvalue weighted by Crippen LogP contribution is 2.22. The monoisotopic (exact) mass is 582 g/mol. The van der Waals surface area contributed by atoms with Crippen LogP contribution in [0.3, 0.4) is 0 Å². The van der Waals surface area contributed by atoms with Gasteiger partial charge >= 0.3 is 0 Å². The number of rotatable bonds is 12. The number of anilines is 4. The molecule has 0 aliphatic heterocycles. The standard InChI is InChI=1S/C32H35FN8O2/c1-23(41(4)29(42)13-9-19-40(2)3)31(43)35-18-7-5-6-10-25-22-36-32(38-28-12-8-11-26(33)20-28)39-30(25)37-27-16-14-24(21-34)15-17-27/h8-9,11-17,20,22-23H,5,7,18-19H2,1-4H3,(H,35,43)(H2,36,37,38,39)/b13-9+/t23-/m0/s1. The summed E-state index contributed by atoms with van der Waals surface area (Å²) in [5.74, 6) is 5.98. The molecule has 222 valence electrons. The Morgan fingerprint density at radius 2 is 1.86 bits per heavy atom. The highest BCUT2D eigenvalue weighted by molar-refractivity contribution is 5.92. The zero-order chi connectivity index (χ0) is 31.2. The molecular formula is C32H35FN8O2. The third-order valence-electron chi connectivity index (χ3n) is 6.19. The molecule has 1 atom stereocenters. The normalized spacial score (nSPS) is 11.3. The van der Waals surface area contributed by atoms with E-state index in [1.165, 1.54) is 23.1 Å². The molecule has 0 aliphatic rings. The number of likely N-dealkylation sites (N-methyl/N-ethyl adjacent to an activating group) is 2. The van der Waals surface area contributed by atoms with Gasteiger partial charge in [0.25, 0.3) is 0 Å². The topological polar surface area (TPSA) is 126 Å². The van der Waals surface area contributed by atoms with Crippen LogP contribution in [0.15, 0.2) is 66.9 Å². The first-order valence-corrected chi connectivity index (χ1v) is 13.7. The van der Waals surface area contributed by atoms with Crippen LogP contribution in [0, 0.1) is 29.0 Å². The van der Waals surface area contributed by atoms with Gasteiger partial charge in [0.1, 0.15) is 11.9 Å². The van der Waals surface area contributed by atoms with Crippen molar-refractivity contribution in [2.75, 3.05) is 44.9 Å². The van der Waals surface area contributed by atoms with E-state index in [0.29, 0.717) is 54.3 Å². The van der Waals surface area contributed by atoms with Crippen molar-refractivity contribution in [1.29, 1.82) is 5.26 Å². The van der Waals surface area contributed by atoms with Crippen LogP contribution in [0.5, 0.6) is 0 Å². The SMILES string of the molecule is C[C@@H](C(=O)NCCCC#Cc1cnc(Nc2cccc(F)c2)nc1Nc1ccc(C#N)cc1)N(C)C(=O)/C=C/CN(C)C. The van der Waals surface area contributed by atoms with E-state index in [1.807, 2.05) is 19.0 Å². The molecule has 0 spiro atoms. The second kappa shape index (κ2) is 16.2. The van der Waals surface area contributed by atoms with Gasteiger partial charge in [-0.05, 0) is 69.9 Å². The Hall–Kier alpha value is -5.26. The van der Waals surface area contributed by atoms with Gasteiger partial charge in [0.05, 0.1) is 23.4 Å². The van der Waals surface area contributed by atoms with Crippen LogP contribution in [-0.2, 0) is 9.59 Å². The van der Waals surface area contributed by atoms with E-state index in [2.05, 4.69) is 43.8 Å². The number of nitrogens with one attached hydrogen (secondary N) is 3. The number of nitriles is 1. The Kier molecular flexibility index (Phi) is 12.2. The highest BCUT2D eigenvalue weighted by atomic mass is 19.1. The average Bonchev–Trinajstić information content (AvgIpc) is 2.99. The Bertz CT molecular complexity index is 1540. The van der Waals surface area contributed by atoms with Crippen LogP contribution in [0.1, 0.15) is 30.9 Å². The molecule has 0 saturated carbocycles. The fourth-order valence-electron chi connectivity index (χ4n) is 3.63. The molecule has 0 saturated heterocycles. The zero-order valence-electron chi connectivity index (χ0n) is 24.7. The number of halogens is 1. The van der Waals surface area contributed by atoms with Crippen molar-refractivity contribution < 1.29 is 14.0 Å². The van der Waals surface area contributed by atoms with Gasteiger partial charge in [0.15, 0.2) is 5.82 Å². The van der Waals surface area contributed by atoms with Crippen LogP contribution in [0.25, 0.3) is 0 Å². The minimum Gasteiger partial charge on any atom is -0.354 e. The molecule has 43 heavy (non-hydrogen) atoms. The summed E-state index contributed by atoms with van der Waals surface area (Å²) in [6.45, 7) is 2.72. The second-order valence-corrected chi connectivity index (χ2v) is 9.89. The maximum atomic E-state index is 13.6. The van der Waals surface area contributed by atoms with Crippen LogP contribution >= 0.6 is 0 Å². The molecule has 0 fully saturated rings. The fraction of sp³-hybridized carbons (Fsp3) is 0.281. The lowest BCUT2D eigenvalue weighted by atomic mass is 10.2. The van der Waals surface area contributed by atoms with Crippen LogP contribution in [0.2, 0.25) is 0 Å². The molecule has 0 unspecified atom stereocenters. The smallest absolute Gasteiger partial charge is 0.246 e. The largest absolute Gasteiger partial charge is 0.354 e.